The van der Waals surface area contributed by atoms with Crippen LogP contribution in [0.1, 0.15) is 27.4 Å². The van der Waals surface area contributed by atoms with Gasteiger partial charge in [0.15, 0.2) is 0 Å². The molecule has 0 radical (unpaired) electrons. The number of rotatable bonds is 6. The highest BCUT2D eigenvalue weighted by atomic mass is 16.5. The van der Waals surface area contributed by atoms with Crippen molar-refractivity contribution in [1.29, 1.82) is 0 Å². The number of aromatic nitrogens is 3. The molecule has 0 aliphatic carbocycles. The Morgan fingerprint density at radius 3 is 2.58 bits per heavy atom. The standard InChI is InChI=1S/C18H21N3O5/c1-11-14(12(2)26-19-11)10-21-16-9-13(17(22)25-4)5-6-15(16)20(18(21)23)7-8-24-3/h5-6,9H,7-8,10H2,1-4H3. The van der Waals surface area contributed by atoms with Gasteiger partial charge in [0.05, 0.1) is 49.1 Å². The van der Waals surface area contributed by atoms with Crippen LogP contribution in [0, 0.1) is 13.8 Å². The molecule has 2 aromatic heterocycles. The van der Waals surface area contributed by atoms with Crippen LogP contribution in [0.25, 0.3) is 11.0 Å². The van der Waals surface area contributed by atoms with E-state index in [-0.39, 0.29) is 5.69 Å². The molecule has 0 saturated carbocycles. The highest BCUT2D eigenvalue weighted by molar-refractivity contribution is 5.93. The van der Waals surface area contributed by atoms with E-state index in [0.29, 0.717) is 36.5 Å². The number of benzene rings is 1. The number of esters is 1. The van der Waals surface area contributed by atoms with Gasteiger partial charge in [-0.1, -0.05) is 5.16 Å². The van der Waals surface area contributed by atoms with Crippen LogP contribution in [0.15, 0.2) is 27.5 Å². The van der Waals surface area contributed by atoms with E-state index in [9.17, 15) is 9.59 Å². The second-order valence-corrected chi connectivity index (χ2v) is 6.01. The minimum absolute atomic E-state index is 0.181. The summed E-state index contributed by atoms with van der Waals surface area (Å²) in [4.78, 5) is 24.9. The molecular weight excluding hydrogens is 338 g/mol. The summed E-state index contributed by atoms with van der Waals surface area (Å²) >= 11 is 0. The van der Waals surface area contributed by atoms with Gasteiger partial charge in [-0.15, -0.1) is 0 Å². The van der Waals surface area contributed by atoms with Gasteiger partial charge in [0.1, 0.15) is 5.76 Å². The molecule has 0 spiro atoms. The van der Waals surface area contributed by atoms with Crippen LogP contribution in [0.4, 0.5) is 0 Å². The maximum absolute atomic E-state index is 13.0. The van der Waals surface area contributed by atoms with Crippen molar-refractivity contribution in [3.63, 3.8) is 0 Å². The van der Waals surface area contributed by atoms with Crippen molar-refractivity contribution in [1.82, 2.24) is 14.3 Å². The van der Waals surface area contributed by atoms with Crippen LogP contribution < -0.4 is 5.69 Å². The molecule has 0 aliphatic rings. The fourth-order valence-electron chi connectivity index (χ4n) is 3.00. The lowest BCUT2D eigenvalue weighted by Crippen LogP contribution is -2.26. The average Bonchev–Trinajstić information content (AvgIpc) is 3.10. The predicted molar refractivity (Wildman–Crippen MR) is 94.5 cm³/mol. The van der Waals surface area contributed by atoms with Crippen molar-refractivity contribution in [3.8, 4) is 0 Å². The zero-order chi connectivity index (χ0) is 18.8. The average molecular weight is 359 g/mol. The number of hydrogen-bond acceptors (Lipinski definition) is 6. The highest BCUT2D eigenvalue weighted by Crippen LogP contribution is 2.20. The first-order valence-electron chi connectivity index (χ1n) is 8.20. The monoisotopic (exact) mass is 359 g/mol. The number of fused-ring (bicyclic) bond motifs is 1. The first-order chi connectivity index (χ1) is 12.5. The first-order valence-corrected chi connectivity index (χ1v) is 8.20. The van der Waals surface area contributed by atoms with Crippen LogP contribution in [0.3, 0.4) is 0 Å². The van der Waals surface area contributed by atoms with E-state index in [1.165, 1.54) is 7.11 Å². The molecule has 0 fully saturated rings. The Morgan fingerprint density at radius 1 is 1.19 bits per heavy atom. The van der Waals surface area contributed by atoms with Gasteiger partial charge in [0.2, 0.25) is 0 Å². The van der Waals surface area contributed by atoms with Crippen LogP contribution in [-0.4, -0.2) is 41.1 Å². The van der Waals surface area contributed by atoms with Gasteiger partial charge in [0.25, 0.3) is 0 Å². The summed E-state index contributed by atoms with van der Waals surface area (Å²) in [6.45, 7) is 4.77. The zero-order valence-corrected chi connectivity index (χ0v) is 15.2. The number of aryl methyl sites for hydroxylation is 2. The lowest BCUT2D eigenvalue weighted by atomic mass is 10.1. The van der Waals surface area contributed by atoms with Crippen molar-refractivity contribution in [2.24, 2.45) is 0 Å². The van der Waals surface area contributed by atoms with Crippen LogP contribution in [-0.2, 0) is 22.6 Å². The largest absolute Gasteiger partial charge is 0.465 e. The molecule has 1 aromatic carbocycles. The lowest BCUT2D eigenvalue weighted by Gasteiger charge is -2.04. The number of nitrogens with zero attached hydrogens (tertiary/aromatic N) is 3. The predicted octanol–water partition coefficient (Wildman–Crippen LogP) is 1.89. The summed E-state index contributed by atoms with van der Waals surface area (Å²) in [6.07, 6.45) is 0. The van der Waals surface area contributed by atoms with E-state index in [2.05, 4.69) is 5.16 Å². The lowest BCUT2D eigenvalue weighted by molar-refractivity contribution is 0.0601. The molecule has 3 aromatic rings. The molecule has 8 nitrogen and oxygen atoms in total. The van der Waals surface area contributed by atoms with Gasteiger partial charge >= 0.3 is 11.7 Å². The van der Waals surface area contributed by atoms with Gasteiger partial charge in [0, 0.05) is 12.7 Å². The summed E-state index contributed by atoms with van der Waals surface area (Å²) < 4.78 is 18.4. The van der Waals surface area contributed by atoms with Crippen LogP contribution in [0.5, 0.6) is 0 Å². The summed E-state index contributed by atoms with van der Waals surface area (Å²) in [5.74, 6) is 0.212. The Balaban J connectivity index is 2.19. The molecule has 2 heterocycles. The summed E-state index contributed by atoms with van der Waals surface area (Å²) in [5, 5.41) is 3.95. The van der Waals surface area contributed by atoms with Gasteiger partial charge in [-0.05, 0) is 32.0 Å². The quantitative estimate of drug-likeness (QED) is 0.625. The zero-order valence-electron chi connectivity index (χ0n) is 15.2. The molecule has 0 unspecified atom stereocenters. The summed E-state index contributed by atoms with van der Waals surface area (Å²) in [5.41, 5.74) is 3.16. The summed E-state index contributed by atoms with van der Waals surface area (Å²) in [6, 6.07) is 5.07. The molecule has 0 bridgehead atoms. The Bertz CT molecular complexity index is 992. The van der Waals surface area contributed by atoms with Crippen LogP contribution in [0.2, 0.25) is 0 Å². The number of imidazole rings is 1. The molecule has 0 N–H and O–H groups in total. The minimum atomic E-state index is -0.451. The number of hydrogen-bond donors (Lipinski definition) is 0. The molecule has 3 rings (SSSR count). The van der Waals surface area contributed by atoms with E-state index < -0.39 is 5.97 Å². The van der Waals surface area contributed by atoms with Crippen LogP contribution >= 0.6 is 0 Å². The Labute approximate surface area is 149 Å². The van der Waals surface area contributed by atoms with Crippen molar-refractivity contribution in [2.45, 2.75) is 26.9 Å². The fraction of sp³-hybridized carbons (Fsp3) is 0.389. The van der Waals surface area contributed by atoms with Crippen molar-refractivity contribution < 1.29 is 18.8 Å². The summed E-state index contributed by atoms with van der Waals surface area (Å²) in [7, 11) is 2.91. The third kappa shape index (κ3) is 3.03. The van der Waals surface area contributed by atoms with Crippen molar-refractivity contribution >= 4 is 17.0 Å². The molecule has 138 valence electrons. The minimum Gasteiger partial charge on any atom is -0.465 e. The fourth-order valence-corrected chi connectivity index (χ4v) is 3.00. The molecule has 0 aliphatic heterocycles. The highest BCUT2D eigenvalue weighted by Gasteiger charge is 2.18. The first kappa shape index (κ1) is 17.9. The van der Waals surface area contributed by atoms with E-state index in [0.717, 1.165) is 16.8 Å². The maximum atomic E-state index is 13.0. The topological polar surface area (TPSA) is 88.5 Å². The SMILES string of the molecule is COCCn1c(=O)n(Cc2c(C)noc2C)c2cc(C(=O)OC)ccc21. The second kappa shape index (κ2) is 7.17. The normalized spacial score (nSPS) is 11.2. The number of ether oxygens (including phenoxy) is 2. The number of methoxy groups -OCH3 is 2. The number of carbonyl (C=O) groups is 1. The van der Waals surface area contributed by atoms with E-state index >= 15 is 0 Å². The maximum Gasteiger partial charge on any atom is 0.337 e. The van der Waals surface area contributed by atoms with E-state index in [4.69, 9.17) is 14.0 Å². The molecule has 0 saturated heterocycles. The number of carbonyl (C=O) groups excluding carboxylic acids is 1. The second-order valence-electron chi connectivity index (χ2n) is 6.01. The molecule has 0 atom stereocenters. The molecule has 0 amide bonds. The van der Waals surface area contributed by atoms with Gasteiger partial charge in [-0.3, -0.25) is 9.13 Å². The van der Waals surface area contributed by atoms with E-state index in [1.54, 1.807) is 34.4 Å². The third-order valence-electron chi connectivity index (χ3n) is 4.46. The van der Waals surface area contributed by atoms with Gasteiger partial charge in [-0.2, -0.15) is 0 Å². The van der Waals surface area contributed by atoms with Gasteiger partial charge in [-0.25, -0.2) is 9.59 Å². The Kier molecular flexibility index (Phi) is 4.94. The molecule has 26 heavy (non-hydrogen) atoms. The smallest absolute Gasteiger partial charge is 0.337 e. The Hall–Kier alpha value is -2.87. The molecule has 8 heteroatoms. The molecular formula is C18H21N3O5. The van der Waals surface area contributed by atoms with E-state index in [1.807, 2.05) is 13.8 Å². The Morgan fingerprint density at radius 2 is 1.96 bits per heavy atom. The van der Waals surface area contributed by atoms with Crippen molar-refractivity contribution in [2.75, 3.05) is 20.8 Å². The van der Waals surface area contributed by atoms with Gasteiger partial charge < -0.3 is 14.0 Å². The van der Waals surface area contributed by atoms with Crippen molar-refractivity contribution in [3.05, 3.63) is 51.3 Å². The third-order valence-corrected chi connectivity index (χ3v) is 4.46.